The van der Waals surface area contributed by atoms with E-state index in [1.807, 2.05) is 0 Å². The Labute approximate surface area is 85.8 Å². The zero-order chi connectivity index (χ0) is 11.6. The number of nitro groups is 2. The molecule has 0 saturated carbocycles. The third kappa shape index (κ3) is 2.49. The van der Waals surface area contributed by atoms with Crippen LogP contribution in [0.4, 0.5) is 5.69 Å². The van der Waals surface area contributed by atoms with Crippen molar-refractivity contribution in [3.8, 4) is 0 Å². The summed E-state index contributed by atoms with van der Waals surface area (Å²) in [6, 6.07) is 3.12. The van der Waals surface area contributed by atoms with Crippen LogP contribution < -0.4 is 0 Å². The molecule has 0 aliphatic carbocycles. The van der Waals surface area contributed by atoms with E-state index in [1.165, 1.54) is 6.07 Å². The van der Waals surface area contributed by atoms with Crippen molar-refractivity contribution in [3.05, 3.63) is 49.1 Å². The normalized spacial score (nSPS) is 10.0. The van der Waals surface area contributed by atoms with Gasteiger partial charge in [0.1, 0.15) is 5.56 Å². The highest BCUT2D eigenvalue weighted by atomic mass is 16.6. The number of nitrogens with zero attached hydrogens (tertiary/aromatic N) is 2. The largest absolute Gasteiger partial charge is 0.282 e. The van der Waals surface area contributed by atoms with Gasteiger partial charge >= 0.3 is 0 Å². The Kier molecular flexibility index (Phi) is 2.99. The fourth-order valence-electron chi connectivity index (χ4n) is 1.57. The molecule has 0 heterocycles. The van der Waals surface area contributed by atoms with Gasteiger partial charge in [-0.15, -0.1) is 0 Å². The quantitative estimate of drug-likeness (QED) is 0.563. The predicted octanol–water partition coefficient (Wildman–Crippen LogP) is 1.99. The molecule has 6 nitrogen and oxygen atoms in total. The molecular formula is C9H10N2O4. The minimum atomic E-state index is -0.576. The maximum Gasteiger partial charge on any atom is 0.282 e. The highest BCUT2D eigenvalue weighted by Crippen LogP contribution is 2.25. The first kappa shape index (κ1) is 11.1. The minimum Gasteiger partial charge on any atom is -0.264 e. The molecule has 0 radical (unpaired) electrons. The van der Waals surface area contributed by atoms with Crippen LogP contribution in [-0.4, -0.2) is 9.85 Å². The predicted molar refractivity (Wildman–Crippen MR) is 53.3 cm³/mol. The lowest BCUT2D eigenvalue weighted by Crippen LogP contribution is -2.04. The lowest BCUT2D eigenvalue weighted by molar-refractivity contribution is -0.498. The summed E-state index contributed by atoms with van der Waals surface area (Å²) in [7, 11) is 0. The van der Waals surface area contributed by atoms with Gasteiger partial charge in [0.2, 0.25) is 6.54 Å². The monoisotopic (exact) mass is 210 g/mol. The summed E-state index contributed by atoms with van der Waals surface area (Å²) in [6.45, 7) is 2.81. The van der Waals surface area contributed by atoms with Crippen LogP contribution in [0, 0.1) is 34.1 Å². The molecule has 0 unspecified atom stereocenters. The molecule has 1 aromatic rings. The molecule has 80 valence electrons. The molecule has 0 amide bonds. The maximum absolute atomic E-state index is 10.7. The average molecular weight is 210 g/mol. The van der Waals surface area contributed by atoms with Gasteiger partial charge < -0.3 is 0 Å². The molecule has 0 aliphatic heterocycles. The molecule has 0 N–H and O–H groups in total. The smallest absolute Gasteiger partial charge is 0.264 e. The second-order valence-electron chi connectivity index (χ2n) is 3.34. The summed E-state index contributed by atoms with van der Waals surface area (Å²) >= 11 is 0. The molecule has 1 rings (SSSR count). The van der Waals surface area contributed by atoms with E-state index in [2.05, 4.69) is 0 Å². The first-order chi connectivity index (χ1) is 6.91. The number of aryl methyl sites for hydroxylation is 2. The van der Waals surface area contributed by atoms with Gasteiger partial charge in [0.25, 0.3) is 5.69 Å². The Balaban J connectivity index is 3.33. The first-order valence-electron chi connectivity index (χ1n) is 4.28. The topological polar surface area (TPSA) is 86.3 Å². The molecular weight excluding hydrogens is 200 g/mol. The van der Waals surface area contributed by atoms with Crippen LogP contribution in [-0.2, 0) is 6.54 Å². The molecule has 1 aromatic carbocycles. The Morgan fingerprint density at radius 2 is 1.80 bits per heavy atom. The molecule has 6 heteroatoms. The van der Waals surface area contributed by atoms with Crippen molar-refractivity contribution < 1.29 is 9.85 Å². The number of hydrogen-bond acceptors (Lipinski definition) is 4. The zero-order valence-electron chi connectivity index (χ0n) is 8.39. The van der Waals surface area contributed by atoms with Crippen molar-refractivity contribution in [1.82, 2.24) is 0 Å². The summed E-state index contributed by atoms with van der Waals surface area (Å²) < 4.78 is 0. The van der Waals surface area contributed by atoms with E-state index >= 15 is 0 Å². The SMILES string of the molecule is Cc1cc(C)c([N+](=O)[O-])c(C[N+](=O)[O-])c1. The van der Waals surface area contributed by atoms with Gasteiger partial charge in [-0.05, 0) is 31.5 Å². The standard InChI is InChI=1S/C9H10N2O4/c1-6-3-7(2)9(11(14)15)8(4-6)5-10(12)13/h3-4H,5H2,1-2H3. The van der Waals surface area contributed by atoms with Gasteiger partial charge in [0, 0.05) is 10.5 Å². The summed E-state index contributed by atoms with van der Waals surface area (Å²) in [5.74, 6) is 0. The van der Waals surface area contributed by atoms with Crippen molar-refractivity contribution in [3.63, 3.8) is 0 Å². The van der Waals surface area contributed by atoms with Gasteiger partial charge in [-0.25, -0.2) is 0 Å². The fourth-order valence-corrected chi connectivity index (χ4v) is 1.57. The van der Waals surface area contributed by atoms with Crippen LogP contribution in [0.25, 0.3) is 0 Å². The van der Waals surface area contributed by atoms with Gasteiger partial charge in [-0.3, -0.25) is 20.2 Å². The molecule has 0 aliphatic rings. The van der Waals surface area contributed by atoms with Gasteiger partial charge in [0.15, 0.2) is 0 Å². The molecule has 0 atom stereocenters. The zero-order valence-corrected chi connectivity index (χ0v) is 8.39. The Hall–Kier alpha value is -1.98. The minimum absolute atomic E-state index is 0.155. The number of nitro benzene ring substituents is 1. The molecule has 0 spiro atoms. The van der Waals surface area contributed by atoms with E-state index < -0.39 is 16.4 Å². The summed E-state index contributed by atoms with van der Waals surface area (Å²) in [5, 5.41) is 21.1. The van der Waals surface area contributed by atoms with E-state index in [0.29, 0.717) is 5.56 Å². The van der Waals surface area contributed by atoms with Gasteiger partial charge in [0.05, 0.1) is 4.92 Å². The van der Waals surface area contributed by atoms with Crippen LogP contribution in [0.5, 0.6) is 0 Å². The third-order valence-corrected chi connectivity index (χ3v) is 2.01. The van der Waals surface area contributed by atoms with E-state index in [-0.39, 0.29) is 11.3 Å². The van der Waals surface area contributed by atoms with E-state index in [0.717, 1.165) is 5.56 Å². The highest BCUT2D eigenvalue weighted by molar-refractivity contribution is 5.49. The highest BCUT2D eigenvalue weighted by Gasteiger charge is 2.21. The second-order valence-corrected chi connectivity index (χ2v) is 3.34. The average Bonchev–Trinajstić information content (AvgIpc) is 1.99. The van der Waals surface area contributed by atoms with Gasteiger partial charge in [-0.2, -0.15) is 0 Å². The Morgan fingerprint density at radius 1 is 1.20 bits per heavy atom. The third-order valence-electron chi connectivity index (χ3n) is 2.01. The fraction of sp³-hybridized carbons (Fsp3) is 0.333. The van der Waals surface area contributed by atoms with E-state index in [1.54, 1.807) is 19.9 Å². The van der Waals surface area contributed by atoms with Crippen molar-refractivity contribution >= 4 is 5.69 Å². The van der Waals surface area contributed by atoms with E-state index in [9.17, 15) is 20.2 Å². The van der Waals surface area contributed by atoms with Crippen LogP contribution in [0.15, 0.2) is 12.1 Å². The second kappa shape index (κ2) is 4.04. The van der Waals surface area contributed by atoms with Crippen molar-refractivity contribution in [2.75, 3.05) is 0 Å². The summed E-state index contributed by atoms with van der Waals surface area (Å²) in [4.78, 5) is 19.9. The molecule has 0 aromatic heterocycles. The van der Waals surface area contributed by atoms with Crippen LogP contribution in [0.2, 0.25) is 0 Å². The number of rotatable bonds is 3. The Morgan fingerprint density at radius 3 is 2.27 bits per heavy atom. The van der Waals surface area contributed by atoms with Gasteiger partial charge in [-0.1, -0.05) is 0 Å². The Bertz CT molecular complexity index is 428. The lowest BCUT2D eigenvalue weighted by atomic mass is 10.0. The molecule has 15 heavy (non-hydrogen) atoms. The summed E-state index contributed by atoms with van der Waals surface area (Å²) in [5.41, 5.74) is 1.24. The molecule has 0 fully saturated rings. The molecule has 0 bridgehead atoms. The van der Waals surface area contributed by atoms with Crippen LogP contribution in [0.3, 0.4) is 0 Å². The first-order valence-corrected chi connectivity index (χ1v) is 4.28. The summed E-state index contributed by atoms with van der Waals surface area (Å²) in [6.07, 6.45) is 0. The lowest BCUT2D eigenvalue weighted by Gasteiger charge is -2.03. The molecule has 0 saturated heterocycles. The number of benzene rings is 1. The van der Waals surface area contributed by atoms with Crippen molar-refractivity contribution in [1.29, 1.82) is 0 Å². The van der Waals surface area contributed by atoms with Crippen LogP contribution >= 0.6 is 0 Å². The van der Waals surface area contributed by atoms with Crippen molar-refractivity contribution in [2.24, 2.45) is 0 Å². The van der Waals surface area contributed by atoms with Crippen LogP contribution in [0.1, 0.15) is 16.7 Å². The maximum atomic E-state index is 10.7. The van der Waals surface area contributed by atoms with E-state index in [4.69, 9.17) is 0 Å². The number of hydrogen-bond donors (Lipinski definition) is 0. The van der Waals surface area contributed by atoms with Crippen molar-refractivity contribution in [2.45, 2.75) is 20.4 Å².